The number of carbonyl (C=O) groups excluding carboxylic acids is 3. The van der Waals surface area contributed by atoms with Crippen LogP contribution in [0.3, 0.4) is 0 Å². The fourth-order valence-electron chi connectivity index (χ4n) is 6.43. The maximum atomic E-state index is 14.3. The number of aromatic nitrogens is 4. The van der Waals surface area contributed by atoms with Gasteiger partial charge in [-0.25, -0.2) is 14.3 Å². The van der Waals surface area contributed by atoms with Gasteiger partial charge in [0.2, 0.25) is 12.7 Å². The van der Waals surface area contributed by atoms with Crippen LogP contribution in [-0.2, 0) is 18.6 Å². The molecule has 4 heterocycles. The summed E-state index contributed by atoms with van der Waals surface area (Å²) in [6.45, 7) is 12.2. The zero-order valence-corrected chi connectivity index (χ0v) is 29.0. The van der Waals surface area contributed by atoms with E-state index in [1.165, 1.54) is 37.2 Å². The highest BCUT2D eigenvalue weighted by Gasteiger charge is 2.29. The summed E-state index contributed by atoms with van der Waals surface area (Å²) in [6, 6.07) is 6.28. The largest absolute Gasteiger partial charge is 0.422 e. The van der Waals surface area contributed by atoms with Crippen LogP contribution < -0.4 is 5.73 Å². The third-order valence-electron chi connectivity index (χ3n) is 8.91. The SMILES string of the molecule is Cc1c(-c2c(C(C)C)c3cc(C4CCN(CC(N)=O)CC4)ccc3n2C(=O)CN(C)C(=O)OCOP(C)(C)=O)cn2ncnc2c1C. The van der Waals surface area contributed by atoms with Crippen molar-refractivity contribution in [2.75, 3.05) is 53.3 Å². The molecule has 1 fully saturated rings. The van der Waals surface area contributed by atoms with Gasteiger partial charge in [0.15, 0.2) is 13.0 Å². The number of carbonyl (C=O) groups is 3. The van der Waals surface area contributed by atoms with Crippen molar-refractivity contribution in [3.8, 4) is 11.3 Å². The summed E-state index contributed by atoms with van der Waals surface area (Å²) in [7, 11) is -1.37. The lowest BCUT2D eigenvalue weighted by molar-refractivity contribution is -0.119. The summed E-state index contributed by atoms with van der Waals surface area (Å²) in [4.78, 5) is 46.2. The third kappa shape index (κ3) is 7.27. The summed E-state index contributed by atoms with van der Waals surface area (Å²) in [5.41, 5.74) is 12.6. The van der Waals surface area contributed by atoms with Gasteiger partial charge in [-0.2, -0.15) is 5.10 Å². The fraction of sp³-hybridized carbons (Fsp3) is 0.485. The summed E-state index contributed by atoms with van der Waals surface area (Å²) in [6.07, 6.45) is 4.44. The van der Waals surface area contributed by atoms with E-state index < -0.39 is 20.3 Å². The second-order valence-electron chi connectivity index (χ2n) is 13.0. The van der Waals surface area contributed by atoms with Crippen molar-refractivity contribution in [3.05, 3.63) is 53.0 Å². The predicted molar refractivity (Wildman–Crippen MR) is 180 cm³/mol. The zero-order valence-electron chi connectivity index (χ0n) is 28.1. The predicted octanol–water partition coefficient (Wildman–Crippen LogP) is 4.98. The summed E-state index contributed by atoms with van der Waals surface area (Å²) < 4.78 is 25.5. The minimum atomic E-state index is -2.85. The standard InChI is InChI=1S/C33H44N7O6P/c1-20(2)30-25-14-24(23-10-12-38(13-11-23)16-28(34)41)8-9-27(25)40(29(42)17-37(5)33(43)45-19-46-47(6,7)44)31(30)26-15-39-32(35-18-36-39)22(4)21(26)3/h8-9,14-15,18,20,23H,10-13,16-17,19H2,1-7H3,(H2,34,41). The number of benzene rings is 1. The number of pyridine rings is 1. The minimum Gasteiger partial charge on any atom is -0.422 e. The molecule has 5 rings (SSSR count). The summed E-state index contributed by atoms with van der Waals surface area (Å²) in [5.74, 6) is -0.304. The quantitative estimate of drug-likeness (QED) is 0.183. The lowest BCUT2D eigenvalue weighted by Gasteiger charge is -2.31. The Bertz CT molecular complexity index is 1880. The monoisotopic (exact) mass is 665 g/mol. The summed E-state index contributed by atoms with van der Waals surface area (Å²) >= 11 is 0. The van der Waals surface area contributed by atoms with Gasteiger partial charge in [0, 0.05) is 37.5 Å². The number of likely N-dealkylation sites (tertiary alicyclic amines) is 1. The summed E-state index contributed by atoms with van der Waals surface area (Å²) in [5, 5.41) is 5.37. The molecule has 1 aliphatic heterocycles. The molecule has 2 amide bonds. The molecule has 3 aromatic heterocycles. The van der Waals surface area contributed by atoms with Crippen LogP contribution in [0, 0.1) is 13.8 Å². The Morgan fingerprint density at radius 1 is 1.13 bits per heavy atom. The molecule has 0 bridgehead atoms. The van der Waals surface area contributed by atoms with Crippen molar-refractivity contribution < 1.29 is 28.2 Å². The van der Waals surface area contributed by atoms with E-state index in [9.17, 15) is 18.9 Å². The number of hydrogen-bond donors (Lipinski definition) is 1. The van der Waals surface area contributed by atoms with Gasteiger partial charge in [0.1, 0.15) is 12.9 Å². The van der Waals surface area contributed by atoms with E-state index in [2.05, 4.69) is 41.0 Å². The molecule has 0 unspecified atom stereocenters. The Balaban J connectivity index is 1.60. The molecule has 2 N–H and O–H groups in total. The average Bonchev–Trinajstić information content (AvgIpc) is 3.60. The van der Waals surface area contributed by atoms with Gasteiger partial charge < -0.3 is 15.4 Å². The van der Waals surface area contributed by atoms with E-state index >= 15 is 0 Å². The molecule has 47 heavy (non-hydrogen) atoms. The van der Waals surface area contributed by atoms with E-state index in [1.54, 1.807) is 9.08 Å². The minimum absolute atomic E-state index is 0.0407. The molecule has 1 aromatic carbocycles. The van der Waals surface area contributed by atoms with Gasteiger partial charge in [0.25, 0.3) is 5.91 Å². The van der Waals surface area contributed by atoms with Crippen LogP contribution in [0.4, 0.5) is 4.79 Å². The van der Waals surface area contributed by atoms with E-state index in [0.717, 1.165) is 70.4 Å². The van der Waals surface area contributed by atoms with Crippen LogP contribution >= 0.6 is 7.37 Å². The molecule has 13 nitrogen and oxygen atoms in total. The first-order valence-electron chi connectivity index (χ1n) is 15.8. The highest BCUT2D eigenvalue weighted by atomic mass is 31.2. The second kappa shape index (κ2) is 13.6. The van der Waals surface area contributed by atoms with E-state index in [0.29, 0.717) is 5.92 Å². The third-order valence-corrected chi connectivity index (χ3v) is 9.63. The highest BCUT2D eigenvalue weighted by molar-refractivity contribution is 7.57. The van der Waals surface area contributed by atoms with Gasteiger partial charge in [0.05, 0.1) is 17.8 Å². The first-order chi connectivity index (χ1) is 22.2. The van der Waals surface area contributed by atoms with Gasteiger partial charge in [-0.3, -0.25) is 28.1 Å². The zero-order chi connectivity index (χ0) is 34.2. The lowest BCUT2D eigenvalue weighted by atomic mass is 9.87. The number of aryl methyl sites for hydroxylation is 1. The van der Waals surface area contributed by atoms with Gasteiger partial charge in [-0.15, -0.1) is 0 Å². The van der Waals surface area contributed by atoms with Crippen LogP contribution in [0.5, 0.6) is 0 Å². The molecule has 0 aliphatic carbocycles. The number of fused-ring (bicyclic) bond motifs is 2. The Hall–Kier alpha value is -4.06. The Kier molecular flexibility index (Phi) is 9.91. The number of nitrogens with two attached hydrogens (primary N) is 1. The lowest BCUT2D eigenvalue weighted by Crippen LogP contribution is -2.39. The van der Waals surface area contributed by atoms with Gasteiger partial charge in [-0.1, -0.05) is 19.9 Å². The Morgan fingerprint density at radius 3 is 2.47 bits per heavy atom. The van der Waals surface area contributed by atoms with E-state index in [1.807, 2.05) is 26.1 Å². The number of amides is 2. The van der Waals surface area contributed by atoms with Crippen molar-refractivity contribution in [2.45, 2.75) is 52.4 Å². The number of primary amides is 1. The second-order valence-corrected chi connectivity index (χ2v) is 15.8. The molecule has 1 saturated heterocycles. The molecular formula is C33H44N7O6P. The number of likely N-dealkylation sites (N-methyl/N-ethyl adjacent to an activating group) is 1. The number of rotatable bonds is 10. The molecule has 4 aromatic rings. The smallest absolute Gasteiger partial charge is 0.412 e. The Morgan fingerprint density at radius 2 is 1.83 bits per heavy atom. The molecule has 0 spiro atoms. The van der Waals surface area contributed by atoms with Crippen LogP contribution in [0.2, 0.25) is 0 Å². The van der Waals surface area contributed by atoms with Crippen LogP contribution in [0.15, 0.2) is 30.7 Å². The molecule has 14 heteroatoms. The van der Waals surface area contributed by atoms with Crippen LogP contribution in [0.1, 0.15) is 65.6 Å². The van der Waals surface area contributed by atoms with Crippen molar-refractivity contribution >= 4 is 41.8 Å². The number of hydrogen-bond acceptors (Lipinski definition) is 9. The number of nitrogens with zero attached hydrogens (tertiary/aromatic N) is 6. The van der Waals surface area contributed by atoms with Gasteiger partial charge >= 0.3 is 6.09 Å². The van der Waals surface area contributed by atoms with E-state index in [-0.39, 0.29) is 30.8 Å². The molecule has 1 aliphatic rings. The molecule has 0 saturated carbocycles. The number of ether oxygens (including phenoxy) is 1. The van der Waals surface area contributed by atoms with Crippen molar-refractivity contribution in [3.63, 3.8) is 0 Å². The highest BCUT2D eigenvalue weighted by Crippen LogP contribution is 2.42. The van der Waals surface area contributed by atoms with E-state index in [4.69, 9.17) is 15.0 Å². The normalized spacial score (nSPS) is 14.7. The molecular weight excluding hydrogens is 621 g/mol. The average molecular weight is 666 g/mol. The van der Waals surface area contributed by atoms with Crippen molar-refractivity contribution in [1.29, 1.82) is 0 Å². The van der Waals surface area contributed by atoms with Crippen molar-refractivity contribution in [2.24, 2.45) is 5.73 Å². The first kappa shape index (κ1) is 34.3. The maximum Gasteiger partial charge on any atom is 0.412 e. The van der Waals surface area contributed by atoms with Crippen LogP contribution in [-0.4, -0.2) is 100 Å². The molecule has 252 valence electrons. The molecule has 0 atom stereocenters. The molecule has 0 radical (unpaired) electrons. The Labute approximate surface area is 274 Å². The maximum absolute atomic E-state index is 14.3. The van der Waals surface area contributed by atoms with Crippen LogP contribution in [0.25, 0.3) is 27.8 Å². The first-order valence-corrected chi connectivity index (χ1v) is 18.3. The van der Waals surface area contributed by atoms with Gasteiger partial charge in [-0.05, 0) is 86.0 Å². The topological polar surface area (TPSA) is 154 Å². The fourth-order valence-corrected chi connectivity index (χ4v) is 6.74. The van der Waals surface area contributed by atoms with Crippen molar-refractivity contribution in [1.82, 2.24) is 29.0 Å². The number of piperidine rings is 1.